The van der Waals surface area contributed by atoms with Crippen LogP contribution in [-0.2, 0) is 11.2 Å². The summed E-state index contributed by atoms with van der Waals surface area (Å²) < 4.78 is 0. The van der Waals surface area contributed by atoms with Gasteiger partial charge in [0.2, 0.25) is 5.91 Å². The largest absolute Gasteiger partial charge is 0.505 e. The van der Waals surface area contributed by atoms with Crippen LogP contribution in [0.2, 0.25) is 0 Å². The smallest absolute Gasteiger partial charge is 0.238 e. The van der Waals surface area contributed by atoms with E-state index in [2.05, 4.69) is 21.2 Å². The van der Waals surface area contributed by atoms with Gasteiger partial charge in [-0.3, -0.25) is 4.79 Å². The van der Waals surface area contributed by atoms with Crippen LogP contribution in [0.1, 0.15) is 26.3 Å². The molecule has 0 saturated carbocycles. The summed E-state index contributed by atoms with van der Waals surface area (Å²) in [6, 6.07) is 5.37. The van der Waals surface area contributed by atoms with E-state index in [9.17, 15) is 9.90 Å². The minimum Gasteiger partial charge on any atom is -0.505 e. The molecule has 94 valence electrons. The number of rotatable bonds is 4. The Kier molecular flexibility index (Phi) is 5.00. The number of aromatic hydroxyl groups is 1. The van der Waals surface area contributed by atoms with Gasteiger partial charge in [0.05, 0.1) is 10.5 Å². The summed E-state index contributed by atoms with van der Waals surface area (Å²) in [6.45, 7) is 5.88. The Morgan fingerprint density at radius 1 is 1.47 bits per heavy atom. The number of carbonyl (C=O) groups excluding carboxylic acids is 1. The molecule has 0 aromatic heterocycles. The monoisotopic (exact) mass is 299 g/mol. The van der Waals surface area contributed by atoms with Crippen LogP contribution in [-0.4, -0.2) is 15.8 Å². The number of halogens is 1. The second-order valence-electron chi connectivity index (χ2n) is 4.30. The molecule has 0 heterocycles. The molecule has 0 aliphatic heterocycles. The third kappa shape index (κ3) is 3.46. The van der Waals surface area contributed by atoms with Crippen molar-refractivity contribution in [3.8, 4) is 5.75 Å². The second kappa shape index (κ2) is 6.05. The Hall–Kier alpha value is -1.03. The van der Waals surface area contributed by atoms with Crippen molar-refractivity contribution in [2.75, 3.05) is 5.32 Å². The van der Waals surface area contributed by atoms with Crippen LogP contribution < -0.4 is 5.32 Å². The molecule has 1 aromatic rings. The van der Waals surface area contributed by atoms with Gasteiger partial charge in [0.1, 0.15) is 5.75 Å². The minimum atomic E-state index is -0.257. The predicted octanol–water partition coefficient (Wildman–Crippen LogP) is 3.31. The molecule has 0 bridgehead atoms. The molecule has 0 radical (unpaired) electrons. The SMILES string of the molecule is CCc1cccc(NC(=O)C(Br)C(C)C)c1O. The number of phenolic OH excluding ortho intramolecular Hbond substituents is 1. The molecule has 0 spiro atoms. The number of hydrogen-bond donors (Lipinski definition) is 2. The fourth-order valence-electron chi connectivity index (χ4n) is 1.48. The molecule has 0 fully saturated rings. The molecule has 0 aliphatic rings. The molecule has 17 heavy (non-hydrogen) atoms. The first-order valence-corrected chi connectivity index (χ1v) is 6.64. The first-order valence-electron chi connectivity index (χ1n) is 5.73. The van der Waals surface area contributed by atoms with E-state index >= 15 is 0 Å². The van der Waals surface area contributed by atoms with Gasteiger partial charge in [-0.15, -0.1) is 0 Å². The summed E-state index contributed by atoms with van der Waals surface area (Å²) in [6.07, 6.45) is 0.734. The van der Waals surface area contributed by atoms with Crippen molar-refractivity contribution < 1.29 is 9.90 Å². The van der Waals surface area contributed by atoms with Crippen LogP contribution in [0.15, 0.2) is 18.2 Å². The maximum absolute atomic E-state index is 11.8. The summed E-state index contributed by atoms with van der Waals surface area (Å²) in [5, 5.41) is 12.7. The maximum Gasteiger partial charge on any atom is 0.238 e. The van der Waals surface area contributed by atoms with E-state index in [-0.39, 0.29) is 22.4 Å². The summed E-state index contributed by atoms with van der Waals surface area (Å²) in [5.74, 6) is 0.224. The van der Waals surface area contributed by atoms with Crippen LogP contribution in [0.4, 0.5) is 5.69 Å². The standard InChI is InChI=1S/C13H18BrNO2/c1-4-9-6-5-7-10(12(9)16)15-13(17)11(14)8(2)3/h5-8,11,16H,4H2,1-3H3,(H,15,17). The van der Waals surface area contributed by atoms with Gasteiger partial charge in [0.25, 0.3) is 0 Å². The Morgan fingerprint density at radius 2 is 2.12 bits per heavy atom. The number of alkyl halides is 1. The molecular formula is C13H18BrNO2. The van der Waals surface area contributed by atoms with Crippen molar-refractivity contribution in [3.05, 3.63) is 23.8 Å². The molecule has 0 aliphatic carbocycles. The van der Waals surface area contributed by atoms with E-state index < -0.39 is 0 Å². The zero-order valence-corrected chi connectivity index (χ0v) is 11.9. The molecule has 1 unspecified atom stereocenters. The van der Waals surface area contributed by atoms with Gasteiger partial charge < -0.3 is 10.4 Å². The van der Waals surface area contributed by atoms with Crippen molar-refractivity contribution in [2.24, 2.45) is 5.92 Å². The van der Waals surface area contributed by atoms with Gasteiger partial charge in [0.15, 0.2) is 0 Å². The van der Waals surface area contributed by atoms with Gasteiger partial charge in [-0.1, -0.05) is 48.8 Å². The molecule has 1 rings (SSSR count). The molecule has 4 heteroatoms. The molecule has 1 amide bonds. The summed E-state index contributed by atoms with van der Waals surface area (Å²) in [7, 11) is 0. The zero-order chi connectivity index (χ0) is 13.0. The van der Waals surface area contributed by atoms with Gasteiger partial charge in [0, 0.05) is 0 Å². The molecular weight excluding hydrogens is 282 g/mol. The zero-order valence-electron chi connectivity index (χ0n) is 10.3. The molecule has 0 saturated heterocycles. The number of amides is 1. The molecule has 1 aromatic carbocycles. The lowest BCUT2D eigenvalue weighted by molar-refractivity contribution is -0.116. The highest BCUT2D eigenvalue weighted by Crippen LogP contribution is 2.28. The Bertz CT molecular complexity index is 404. The van der Waals surface area contributed by atoms with Gasteiger partial charge in [-0.2, -0.15) is 0 Å². The van der Waals surface area contributed by atoms with Crippen LogP contribution >= 0.6 is 15.9 Å². The quantitative estimate of drug-likeness (QED) is 0.662. The number of para-hydroxylation sites is 1. The first kappa shape index (κ1) is 14.0. The number of phenols is 1. The highest BCUT2D eigenvalue weighted by Gasteiger charge is 2.19. The number of hydrogen-bond acceptors (Lipinski definition) is 2. The van der Waals surface area contributed by atoms with E-state index in [4.69, 9.17) is 0 Å². The van der Waals surface area contributed by atoms with Crippen LogP contribution in [0, 0.1) is 5.92 Å². The number of anilines is 1. The van der Waals surface area contributed by atoms with Crippen molar-refractivity contribution in [1.82, 2.24) is 0 Å². The van der Waals surface area contributed by atoms with Gasteiger partial charge in [-0.25, -0.2) is 0 Å². The highest BCUT2D eigenvalue weighted by atomic mass is 79.9. The Balaban J connectivity index is 2.85. The van der Waals surface area contributed by atoms with Crippen molar-refractivity contribution >= 4 is 27.5 Å². The van der Waals surface area contributed by atoms with Crippen molar-refractivity contribution in [1.29, 1.82) is 0 Å². The third-order valence-corrected chi connectivity index (χ3v) is 4.07. The number of aryl methyl sites for hydroxylation is 1. The van der Waals surface area contributed by atoms with Crippen LogP contribution in [0.5, 0.6) is 5.75 Å². The summed E-state index contributed by atoms with van der Waals surface area (Å²) in [4.78, 5) is 11.6. The molecule has 2 N–H and O–H groups in total. The normalized spacial score (nSPS) is 12.5. The lowest BCUT2D eigenvalue weighted by Crippen LogP contribution is -2.27. The lowest BCUT2D eigenvalue weighted by Gasteiger charge is -2.15. The number of carbonyl (C=O) groups is 1. The van der Waals surface area contributed by atoms with Gasteiger partial charge >= 0.3 is 0 Å². The number of benzene rings is 1. The van der Waals surface area contributed by atoms with Crippen LogP contribution in [0.3, 0.4) is 0 Å². The average Bonchev–Trinajstić information content (AvgIpc) is 2.30. The van der Waals surface area contributed by atoms with Crippen molar-refractivity contribution in [3.63, 3.8) is 0 Å². The fraction of sp³-hybridized carbons (Fsp3) is 0.462. The summed E-state index contributed by atoms with van der Waals surface area (Å²) >= 11 is 3.33. The topological polar surface area (TPSA) is 49.3 Å². The Labute approximate surface area is 110 Å². The minimum absolute atomic E-state index is 0.136. The molecule has 1 atom stereocenters. The van der Waals surface area contributed by atoms with E-state index in [1.54, 1.807) is 6.07 Å². The van der Waals surface area contributed by atoms with E-state index in [1.807, 2.05) is 32.9 Å². The molecule has 3 nitrogen and oxygen atoms in total. The van der Waals surface area contributed by atoms with Crippen LogP contribution in [0.25, 0.3) is 0 Å². The van der Waals surface area contributed by atoms with E-state index in [1.165, 1.54) is 0 Å². The van der Waals surface area contributed by atoms with E-state index in [0.717, 1.165) is 12.0 Å². The van der Waals surface area contributed by atoms with Crippen molar-refractivity contribution in [2.45, 2.75) is 32.0 Å². The highest BCUT2D eigenvalue weighted by molar-refractivity contribution is 9.10. The average molecular weight is 300 g/mol. The van der Waals surface area contributed by atoms with E-state index in [0.29, 0.717) is 5.69 Å². The first-order chi connectivity index (χ1) is 7.97. The fourth-order valence-corrected chi connectivity index (χ4v) is 1.60. The second-order valence-corrected chi connectivity index (χ2v) is 5.29. The Morgan fingerprint density at radius 3 is 2.65 bits per heavy atom. The maximum atomic E-state index is 11.8. The van der Waals surface area contributed by atoms with Gasteiger partial charge in [-0.05, 0) is 24.0 Å². The summed E-state index contributed by atoms with van der Waals surface area (Å²) in [5.41, 5.74) is 1.30. The predicted molar refractivity (Wildman–Crippen MR) is 73.7 cm³/mol. The third-order valence-electron chi connectivity index (χ3n) is 2.59. The number of nitrogens with one attached hydrogen (secondary N) is 1. The lowest BCUT2D eigenvalue weighted by atomic mass is 10.1.